The Hall–Kier alpha value is -4.17. The zero-order valence-corrected chi connectivity index (χ0v) is 21.2. The molecule has 2 atom stereocenters. The molecule has 3 N–H and O–H groups in total. The summed E-state index contributed by atoms with van der Waals surface area (Å²) in [4.78, 5) is 41.0. The summed E-state index contributed by atoms with van der Waals surface area (Å²) in [5, 5.41) is 19.5. The Kier molecular flexibility index (Phi) is 8.06. The van der Waals surface area contributed by atoms with Crippen LogP contribution in [0.5, 0.6) is 0 Å². The summed E-state index contributed by atoms with van der Waals surface area (Å²) in [5.41, 5.74) is 6.58. The molecule has 2 aliphatic rings. The zero-order valence-electron chi connectivity index (χ0n) is 21.2. The third-order valence-electron chi connectivity index (χ3n) is 7.53. The van der Waals surface area contributed by atoms with Crippen molar-refractivity contribution in [3.63, 3.8) is 0 Å². The maximum absolute atomic E-state index is 13.9. The monoisotopic (exact) mass is 540 g/mol. The summed E-state index contributed by atoms with van der Waals surface area (Å²) in [5.74, 6) is -6.30. The lowest BCUT2D eigenvalue weighted by atomic mass is 9.83. The number of nitrogens with two attached hydrogens (primary N) is 1. The van der Waals surface area contributed by atoms with Gasteiger partial charge in [0.1, 0.15) is 5.82 Å². The van der Waals surface area contributed by atoms with Gasteiger partial charge in [-0.15, -0.1) is 0 Å². The predicted molar refractivity (Wildman–Crippen MR) is 133 cm³/mol. The Bertz CT molecular complexity index is 1400. The molecule has 2 heterocycles. The van der Waals surface area contributed by atoms with Gasteiger partial charge in [-0.1, -0.05) is 12.1 Å². The highest BCUT2D eigenvalue weighted by Crippen LogP contribution is 2.40. The van der Waals surface area contributed by atoms with Crippen molar-refractivity contribution >= 4 is 17.8 Å². The van der Waals surface area contributed by atoms with Crippen molar-refractivity contribution in [2.45, 2.75) is 50.6 Å². The molecule has 8 nitrogen and oxygen atoms in total. The summed E-state index contributed by atoms with van der Waals surface area (Å²) < 4.78 is 41.1. The topological polar surface area (TPSA) is 128 Å². The van der Waals surface area contributed by atoms with Crippen LogP contribution in [0.15, 0.2) is 47.7 Å². The number of carbonyl (C=O) groups excluding carboxylic acids is 2. The Morgan fingerprint density at radius 2 is 1.82 bits per heavy atom. The van der Waals surface area contributed by atoms with E-state index in [0.29, 0.717) is 25.9 Å². The van der Waals surface area contributed by atoms with Crippen LogP contribution in [0.25, 0.3) is 0 Å². The van der Waals surface area contributed by atoms with Crippen molar-refractivity contribution in [2.24, 2.45) is 5.73 Å². The molecular weight excluding hydrogens is 513 g/mol. The number of nitriles is 1. The number of amides is 2. The molecule has 2 aliphatic heterocycles. The van der Waals surface area contributed by atoms with E-state index in [9.17, 15) is 37.9 Å². The zero-order chi connectivity index (χ0) is 28.4. The van der Waals surface area contributed by atoms with Crippen LogP contribution in [0, 0.1) is 28.8 Å². The van der Waals surface area contributed by atoms with Gasteiger partial charge in [0.15, 0.2) is 11.6 Å². The summed E-state index contributed by atoms with van der Waals surface area (Å²) in [6, 6.07) is 9.12. The number of carbonyl (C=O) groups is 3. The standard InChI is InChI=1S/C28H27F3N4O4/c1-15-27(28(38)39)21(17-2-5-22(30)23(31)11-17)12-26(37)35(15)25(13-24(33)36)34-8-6-16(7-9-34)20-4-3-19(29)10-18(20)14-32/h2-5,10-11,16,21,25H,6-9,12-13H2,1H3,(H2,33,36)(H,38,39). The van der Waals surface area contributed by atoms with E-state index in [1.54, 1.807) is 6.07 Å². The van der Waals surface area contributed by atoms with Gasteiger partial charge in [-0.05, 0) is 61.1 Å². The number of rotatable bonds is 7. The summed E-state index contributed by atoms with van der Waals surface area (Å²) >= 11 is 0. The van der Waals surface area contributed by atoms with Gasteiger partial charge in [-0.25, -0.2) is 18.0 Å². The van der Waals surface area contributed by atoms with Crippen LogP contribution in [-0.2, 0) is 14.4 Å². The fraction of sp³-hybridized carbons (Fsp3) is 0.357. The quantitative estimate of drug-likeness (QED) is 0.551. The van der Waals surface area contributed by atoms with Crippen molar-refractivity contribution in [1.29, 1.82) is 5.26 Å². The first-order valence-corrected chi connectivity index (χ1v) is 12.4. The van der Waals surface area contributed by atoms with Crippen LogP contribution in [0.3, 0.4) is 0 Å². The molecule has 0 radical (unpaired) electrons. The molecule has 4 rings (SSSR count). The third-order valence-corrected chi connectivity index (χ3v) is 7.53. The molecule has 204 valence electrons. The second-order valence-corrected chi connectivity index (χ2v) is 9.80. The molecule has 2 aromatic carbocycles. The van der Waals surface area contributed by atoms with Crippen LogP contribution in [0.4, 0.5) is 13.2 Å². The van der Waals surface area contributed by atoms with Crippen LogP contribution in [0.1, 0.15) is 61.1 Å². The molecule has 1 saturated heterocycles. The first-order valence-electron chi connectivity index (χ1n) is 12.4. The van der Waals surface area contributed by atoms with Gasteiger partial charge in [-0.3, -0.25) is 19.4 Å². The van der Waals surface area contributed by atoms with Gasteiger partial charge in [0.05, 0.1) is 29.8 Å². The van der Waals surface area contributed by atoms with E-state index in [2.05, 4.69) is 0 Å². The Balaban J connectivity index is 1.64. The highest BCUT2D eigenvalue weighted by Gasteiger charge is 2.42. The van der Waals surface area contributed by atoms with Crippen LogP contribution in [0.2, 0.25) is 0 Å². The van der Waals surface area contributed by atoms with Gasteiger partial charge >= 0.3 is 5.97 Å². The molecule has 1 fully saturated rings. The van der Waals surface area contributed by atoms with Gasteiger partial charge in [0, 0.05) is 31.1 Å². The maximum atomic E-state index is 13.9. The van der Waals surface area contributed by atoms with E-state index in [4.69, 9.17) is 5.73 Å². The van der Waals surface area contributed by atoms with E-state index in [-0.39, 0.29) is 41.2 Å². The van der Waals surface area contributed by atoms with Gasteiger partial charge in [0.2, 0.25) is 11.8 Å². The molecule has 0 spiro atoms. The van der Waals surface area contributed by atoms with Gasteiger partial charge in [-0.2, -0.15) is 5.26 Å². The first-order chi connectivity index (χ1) is 18.5. The average molecular weight is 541 g/mol. The molecule has 2 unspecified atom stereocenters. The lowest BCUT2D eigenvalue weighted by Gasteiger charge is -2.45. The first kappa shape index (κ1) is 27.9. The molecule has 11 heteroatoms. The Labute approximate surface area is 223 Å². The van der Waals surface area contributed by atoms with Crippen molar-refractivity contribution < 1.29 is 32.7 Å². The molecule has 2 aromatic rings. The highest BCUT2D eigenvalue weighted by molar-refractivity contribution is 5.95. The average Bonchev–Trinajstić information content (AvgIpc) is 2.89. The SMILES string of the molecule is CC1=C(C(=O)O)C(c2ccc(F)c(F)c2)CC(=O)N1C(CC(N)=O)N1CCC(c2ccc(F)cc2C#N)CC1. The highest BCUT2D eigenvalue weighted by atomic mass is 19.2. The molecule has 0 bridgehead atoms. The number of benzene rings is 2. The van der Waals surface area contributed by atoms with E-state index in [0.717, 1.165) is 17.7 Å². The minimum Gasteiger partial charge on any atom is -0.478 e. The second kappa shape index (κ2) is 11.3. The van der Waals surface area contributed by atoms with Crippen LogP contribution in [-0.4, -0.2) is 51.9 Å². The molecule has 0 aromatic heterocycles. The molecule has 39 heavy (non-hydrogen) atoms. The smallest absolute Gasteiger partial charge is 0.333 e. The van der Waals surface area contributed by atoms with E-state index in [1.165, 1.54) is 30.0 Å². The number of carboxylic acid groups (broad SMARTS) is 1. The normalized spacial score (nSPS) is 19.6. The molecule has 2 amide bonds. The fourth-order valence-electron chi connectivity index (χ4n) is 5.70. The number of hydrogen-bond donors (Lipinski definition) is 2. The van der Waals surface area contributed by atoms with Crippen LogP contribution >= 0.6 is 0 Å². The van der Waals surface area contributed by atoms with Crippen molar-refractivity contribution in [3.8, 4) is 6.07 Å². The molecule has 0 aliphatic carbocycles. The predicted octanol–water partition coefficient (Wildman–Crippen LogP) is 3.73. The van der Waals surface area contributed by atoms with Gasteiger partial charge in [0.25, 0.3) is 0 Å². The van der Waals surface area contributed by atoms with E-state index < -0.39 is 47.3 Å². The molecule has 0 saturated carbocycles. The number of hydrogen-bond acceptors (Lipinski definition) is 5. The number of primary amides is 1. The Morgan fingerprint density at radius 3 is 2.41 bits per heavy atom. The Morgan fingerprint density at radius 1 is 1.13 bits per heavy atom. The summed E-state index contributed by atoms with van der Waals surface area (Å²) in [6.45, 7) is 2.25. The minimum atomic E-state index is -1.32. The third kappa shape index (κ3) is 5.66. The maximum Gasteiger partial charge on any atom is 0.333 e. The summed E-state index contributed by atoms with van der Waals surface area (Å²) in [6.07, 6.45) is -0.347. The minimum absolute atomic E-state index is 0.0493. The number of aliphatic carboxylic acids is 1. The number of carboxylic acids is 1. The lowest BCUT2D eigenvalue weighted by molar-refractivity contribution is -0.139. The molecular formula is C28H27F3N4O4. The largest absolute Gasteiger partial charge is 0.478 e. The van der Waals surface area contributed by atoms with Crippen molar-refractivity contribution in [1.82, 2.24) is 9.80 Å². The number of allylic oxidation sites excluding steroid dienone is 1. The number of likely N-dealkylation sites (tertiary alicyclic amines) is 1. The van der Waals surface area contributed by atoms with Crippen molar-refractivity contribution in [3.05, 3.63) is 81.8 Å². The number of piperidine rings is 1. The van der Waals surface area contributed by atoms with E-state index >= 15 is 0 Å². The number of halogens is 3. The second-order valence-electron chi connectivity index (χ2n) is 9.80. The van der Waals surface area contributed by atoms with E-state index in [1.807, 2.05) is 11.0 Å². The number of nitrogens with zero attached hydrogens (tertiary/aromatic N) is 3. The van der Waals surface area contributed by atoms with Crippen LogP contribution < -0.4 is 5.73 Å². The van der Waals surface area contributed by atoms with Gasteiger partial charge < -0.3 is 10.8 Å². The summed E-state index contributed by atoms with van der Waals surface area (Å²) in [7, 11) is 0. The van der Waals surface area contributed by atoms with Crippen molar-refractivity contribution in [2.75, 3.05) is 13.1 Å². The fourth-order valence-corrected chi connectivity index (χ4v) is 5.70. The lowest BCUT2D eigenvalue weighted by Crippen LogP contribution is -2.55.